The second kappa shape index (κ2) is 3.25. The Labute approximate surface area is 79.0 Å². The first-order chi connectivity index (χ1) is 5.52. The summed E-state index contributed by atoms with van der Waals surface area (Å²) in [7, 11) is 0. The molecule has 1 aromatic rings. The zero-order valence-electron chi connectivity index (χ0n) is 5.78. The number of hydrogen-bond donors (Lipinski definition) is 3. The minimum atomic E-state index is -1.10. The topological polar surface area (TPSA) is 57.5 Å². The van der Waals surface area contributed by atoms with Gasteiger partial charge >= 0.3 is 5.97 Å². The second-order valence-corrected chi connectivity index (χ2v) is 3.02. The molecule has 1 rings (SSSR count). The average Bonchev–Trinajstić information content (AvgIpc) is 1.99. The molecule has 0 unspecified atom stereocenters. The number of thiol groups is 1. The molecule has 5 heteroatoms. The minimum Gasteiger partial charge on any atom is -0.505 e. The molecule has 2 N–H and O–H groups in total. The molecule has 0 radical (unpaired) electrons. The van der Waals surface area contributed by atoms with Crippen molar-refractivity contribution in [2.24, 2.45) is 0 Å². The number of aromatic hydroxyl groups is 1. The Bertz CT molecular complexity index is 314. The van der Waals surface area contributed by atoms with Crippen LogP contribution in [0.4, 0.5) is 0 Å². The normalized spacial score (nSPS) is 9.83. The molecule has 3 nitrogen and oxygen atoms in total. The first-order valence-electron chi connectivity index (χ1n) is 2.97. The van der Waals surface area contributed by atoms with E-state index in [4.69, 9.17) is 21.8 Å². The molecule has 0 bridgehead atoms. The summed E-state index contributed by atoms with van der Waals surface area (Å²) >= 11 is 9.33. The van der Waals surface area contributed by atoms with Crippen molar-refractivity contribution >= 4 is 30.2 Å². The third-order valence-electron chi connectivity index (χ3n) is 1.29. The number of aromatic carboxylic acids is 1. The van der Waals surface area contributed by atoms with E-state index in [1.165, 1.54) is 12.1 Å². The fourth-order valence-corrected chi connectivity index (χ4v) is 1.25. The molecule has 0 saturated carbocycles. The standard InChI is InChI=1S/C7H5ClO3S/c8-4-1-3(7(10)11)2-5(12)6(4)9/h1-2,9,12H,(H,10,11). The summed E-state index contributed by atoms with van der Waals surface area (Å²) in [5.41, 5.74) is 0.00259. The van der Waals surface area contributed by atoms with Crippen LogP contribution < -0.4 is 0 Å². The maximum atomic E-state index is 10.4. The maximum Gasteiger partial charge on any atom is 0.335 e. The SMILES string of the molecule is O=C(O)c1cc(S)c(O)c(Cl)c1. The monoisotopic (exact) mass is 204 g/mol. The largest absolute Gasteiger partial charge is 0.505 e. The average molecular weight is 205 g/mol. The van der Waals surface area contributed by atoms with Gasteiger partial charge in [0.05, 0.1) is 10.6 Å². The maximum absolute atomic E-state index is 10.4. The fraction of sp³-hybridized carbons (Fsp3) is 0. The van der Waals surface area contributed by atoms with Gasteiger partial charge in [0.15, 0.2) is 0 Å². The van der Waals surface area contributed by atoms with Gasteiger partial charge in [0, 0.05) is 4.90 Å². The molecule has 64 valence electrons. The van der Waals surface area contributed by atoms with Crippen molar-refractivity contribution in [1.29, 1.82) is 0 Å². The molecule has 0 saturated heterocycles. The molecule has 0 heterocycles. The van der Waals surface area contributed by atoms with Crippen molar-refractivity contribution in [3.05, 3.63) is 22.7 Å². The smallest absolute Gasteiger partial charge is 0.335 e. The van der Waals surface area contributed by atoms with Gasteiger partial charge in [0.25, 0.3) is 0 Å². The fourth-order valence-electron chi connectivity index (χ4n) is 0.708. The van der Waals surface area contributed by atoms with Crippen molar-refractivity contribution in [1.82, 2.24) is 0 Å². The quantitative estimate of drug-likeness (QED) is 0.614. The Kier molecular flexibility index (Phi) is 2.49. The summed E-state index contributed by atoms with van der Waals surface area (Å²) in [6.07, 6.45) is 0. The number of benzene rings is 1. The van der Waals surface area contributed by atoms with Crippen LogP contribution >= 0.6 is 24.2 Å². The van der Waals surface area contributed by atoms with Crippen molar-refractivity contribution < 1.29 is 15.0 Å². The van der Waals surface area contributed by atoms with Crippen LogP contribution in [0, 0.1) is 0 Å². The summed E-state index contributed by atoms with van der Waals surface area (Å²) in [5, 5.41) is 17.6. The van der Waals surface area contributed by atoms with Gasteiger partial charge in [-0.15, -0.1) is 12.6 Å². The Morgan fingerprint density at radius 2 is 2.08 bits per heavy atom. The summed E-state index contributed by atoms with van der Waals surface area (Å²) < 4.78 is 0. The Hall–Kier alpha value is -0.870. The van der Waals surface area contributed by atoms with Crippen LogP contribution in [0.3, 0.4) is 0 Å². The molecular weight excluding hydrogens is 200 g/mol. The third kappa shape index (κ3) is 1.65. The van der Waals surface area contributed by atoms with E-state index in [2.05, 4.69) is 12.6 Å². The number of hydrogen-bond acceptors (Lipinski definition) is 3. The lowest BCUT2D eigenvalue weighted by atomic mass is 10.2. The van der Waals surface area contributed by atoms with E-state index in [1.54, 1.807) is 0 Å². The van der Waals surface area contributed by atoms with E-state index in [0.29, 0.717) is 0 Å². The summed E-state index contributed by atoms with van der Waals surface area (Å²) in [5.74, 6) is -1.31. The lowest BCUT2D eigenvalue weighted by Gasteiger charge is -2.01. The highest BCUT2D eigenvalue weighted by atomic mass is 35.5. The molecule has 0 amide bonds. The predicted octanol–water partition coefficient (Wildman–Crippen LogP) is 2.03. The van der Waals surface area contributed by atoms with Gasteiger partial charge in [-0.05, 0) is 12.1 Å². The molecule has 0 aliphatic rings. The lowest BCUT2D eigenvalue weighted by Crippen LogP contribution is -1.95. The third-order valence-corrected chi connectivity index (χ3v) is 1.92. The van der Waals surface area contributed by atoms with Gasteiger partial charge in [0.1, 0.15) is 5.75 Å². The first kappa shape index (κ1) is 9.22. The summed E-state index contributed by atoms with van der Waals surface area (Å²) in [6.45, 7) is 0. The van der Waals surface area contributed by atoms with E-state index < -0.39 is 5.97 Å². The van der Waals surface area contributed by atoms with E-state index >= 15 is 0 Å². The van der Waals surface area contributed by atoms with Crippen LogP contribution in [0.5, 0.6) is 5.75 Å². The highest BCUT2D eigenvalue weighted by Gasteiger charge is 2.09. The Morgan fingerprint density at radius 1 is 1.50 bits per heavy atom. The number of phenols is 1. The number of rotatable bonds is 1. The molecule has 0 atom stereocenters. The van der Waals surface area contributed by atoms with Crippen LogP contribution in [-0.2, 0) is 0 Å². The van der Waals surface area contributed by atoms with Crippen LogP contribution in [0.15, 0.2) is 17.0 Å². The van der Waals surface area contributed by atoms with Crippen LogP contribution in [0.1, 0.15) is 10.4 Å². The van der Waals surface area contributed by atoms with Crippen LogP contribution in [0.25, 0.3) is 0 Å². The van der Waals surface area contributed by atoms with Crippen molar-refractivity contribution in [2.45, 2.75) is 4.90 Å². The molecular formula is C7H5ClO3S. The second-order valence-electron chi connectivity index (χ2n) is 2.13. The van der Waals surface area contributed by atoms with E-state index in [9.17, 15) is 4.79 Å². The van der Waals surface area contributed by atoms with Gasteiger partial charge in [-0.25, -0.2) is 4.79 Å². The highest BCUT2D eigenvalue weighted by Crippen LogP contribution is 2.31. The van der Waals surface area contributed by atoms with Gasteiger partial charge in [-0.2, -0.15) is 0 Å². The van der Waals surface area contributed by atoms with Gasteiger partial charge in [-0.3, -0.25) is 0 Å². The van der Waals surface area contributed by atoms with Gasteiger partial charge in [0.2, 0.25) is 0 Å². The zero-order chi connectivity index (χ0) is 9.30. The lowest BCUT2D eigenvalue weighted by molar-refractivity contribution is 0.0696. The van der Waals surface area contributed by atoms with Gasteiger partial charge < -0.3 is 10.2 Å². The Morgan fingerprint density at radius 3 is 2.50 bits per heavy atom. The predicted molar refractivity (Wildman–Crippen MR) is 47.3 cm³/mol. The number of carboxylic acid groups (broad SMARTS) is 1. The van der Waals surface area contributed by atoms with Crippen molar-refractivity contribution in [2.75, 3.05) is 0 Å². The summed E-state index contributed by atoms with van der Waals surface area (Å²) in [6, 6.07) is 2.39. The van der Waals surface area contributed by atoms with Crippen LogP contribution in [-0.4, -0.2) is 16.2 Å². The molecule has 0 aliphatic heterocycles. The van der Waals surface area contributed by atoms with Gasteiger partial charge in [-0.1, -0.05) is 11.6 Å². The Balaban J connectivity index is 3.31. The minimum absolute atomic E-state index is 0.00259. The van der Waals surface area contributed by atoms with Crippen molar-refractivity contribution in [3.63, 3.8) is 0 Å². The van der Waals surface area contributed by atoms with E-state index in [-0.39, 0.29) is 21.2 Å². The van der Waals surface area contributed by atoms with Crippen LogP contribution in [0.2, 0.25) is 5.02 Å². The van der Waals surface area contributed by atoms with E-state index in [0.717, 1.165) is 0 Å². The highest BCUT2D eigenvalue weighted by molar-refractivity contribution is 7.80. The zero-order valence-corrected chi connectivity index (χ0v) is 7.43. The number of carboxylic acids is 1. The number of carbonyl (C=O) groups is 1. The molecule has 0 spiro atoms. The number of halogens is 1. The number of phenolic OH excluding ortho intramolecular Hbond substituents is 1. The van der Waals surface area contributed by atoms with Crippen molar-refractivity contribution in [3.8, 4) is 5.75 Å². The summed E-state index contributed by atoms with van der Waals surface area (Å²) in [4.78, 5) is 10.6. The van der Waals surface area contributed by atoms with E-state index in [1.807, 2.05) is 0 Å². The molecule has 1 aromatic carbocycles. The molecule has 0 aliphatic carbocycles. The molecule has 0 fully saturated rings. The first-order valence-corrected chi connectivity index (χ1v) is 3.79. The molecule has 0 aromatic heterocycles. The molecule has 12 heavy (non-hydrogen) atoms.